The molecule has 1 aromatic rings. The topological polar surface area (TPSA) is 49.4 Å². The van der Waals surface area contributed by atoms with Gasteiger partial charge in [0.1, 0.15) is 4.21 Å². The first kappa shape index (κ1) is 15.6. The Bertz CT molecular complexity index is 454. The third-order valence-electron chi connectivity index (χ3n) is 2.64. The maximum absolute atomic E-state index is 12.2. The lowest BCUT2D eigenvalue weighted by atomic mass is 10.3. The summed E-state index contributed by atoms with van der Waals surface area (Å²) in [5, 5.41) is 3.23. The summed E-state index contributed by atoms with van der Waals surface area (Å²) in [5.74, 6) is 0. The lowest BCUT2D eigenvalue weighted by Gasteiger charge is -2.14. The molecule has 0 radical (unpaired) electrons. The second-order valence-corrected chi connectivity index (χ2v) is 7.59. The number of rotatable bonds is 8. The molecule has 0 atom stereocenters. The molecule has 0 aliphatic heterocycles. The van der Waals surface area contributed by atoms with Gasteiger partial charge >= 0.3 is 0 Å². The van der Waals surface area contributed by atoms with E-state index in [0.717, 1.165) is 30.8 Å². The van der Waals surface area contributed by atoms with Crippen molar-refractivity contribution in [2.24, 2.45) is 0 Å². The van der Waals surface area contributed by atoms with Crippen LogP contribution in [0.5, 0.6) is 0 Å². The quantitative estimate of drug-likeness (QED) is 0.744. The minimum atomic E-state index is -3.28. The molecule has 1 aromatic heterocycles. The van der Waals surface area contributed by atoms with E-state index in [-0.39, 0.29) is 0 Å². The summed E-state index contributed by atoms with van der Waals surface area (Å²) in [7, 11) is -1.64. The van der Waals surface area contributed by atoms with Crippen LogP contribution in [0.4, 0.5) is 0 Å². The Balaban J connectivity index is 2.72. The number of hydrogen-bond donors (Lipinski definition) is 1. The summed E-state index contributed by atoms with van der Waals surface area (Å²) in [6, 6.07) is 3.63. The van der Waals surface area contributed by atoms with Crippen molar-refractivity contribution >= 4 is 21.4 Å². The summed E-state index contributed by atoms with van der Waals surface area (Å²) in [6.45, 7) is 6.43. The molecule has 0 aromatic carbocycles. The molecule has 1 heterocycles. The van der Waals surface area contributed by atoms with Gasteiger partial charge in [0.15, 0.2) is 0 Å². The third-order valence-corrected chi connectivity index (χ3v) is 6.11. The maximum Gasteiger partial charge on any atom is 0.252 e. The smallest absolute Gasteiger partial charge is 0.252 e. The van der Waals surface area contributed by atoms with Gasteiger partial charge in [-0.1, -0.05) is 13.8 Å². The molecular weight excluding hydrogens is 268 g/mol. The summed E-state index contributed by atoms with van der Waals surface area (Å²) >= 11 is 1.37. The Labute approximate surface area is 114 Å². The van der Waals surface area contributed by atoms with Gasteiger partial charge in [-0.3, -0.25) is 0 Å². The van der Waals surface area contributed by atoms with E-state index < -0.39 is 10.0 Å². The second kappa shape index (κ2) is 7.23. The fourth-order valence-electron chi connectivity index (χ4n) is 1.61. The average molecular weight is 290 g/mol. The van der Waals surface area contributed by atoms with E-state index in [2.05, 4.69) is 12.2 Å². The normalized spacial score (nSPS) is 12.2. The van der Waals surface area contributed by atoms with Crippen LogP contribution >= 0.6 is 11.3 Å². The Hall–Kier alpha value is -0.430. The van der Waals surface area contributed by atoms with Crippen LogP contribution in [0.3, 0.4) is 0 Å². The fraction of sp³-hybridized carbons (Fsp3) is 0.667. The highest BCUT2D eigenvalue weighted by Crippen LogP contribution is 2.24. The SMILES string of the molecule is CCCN(C)S(=O)(=O)c1ccc(CCNCC)s1. The van der Waals surface area contributed by atoms with Crippen LogP contribution in [0.2, 0.25) is 0 Å². The minimum Gasteiger partial charge on any atom is -0.317 e. The van der Waals surface area contributed by atoms with Gasteiger partial charge in [-0.15, -0.1) is 11.3 Å². The van der Waals surface area contributed by atoms with Crippen LogP contribution in [-0.2, 0) is 16.4 Å². The zero-order valence-corrected chi connectivity index (χ0v) is 12.9. The zero-order valence-electron chi connectivity index (χ0n) is 11.3. The van der Waals surface area contributed by atoms with Crippen molar-refractivity contribution in [3.8, 4) is 0 Å². The first-order chi connectivity index (χ1) is 8.52. The summed E-state index contributed by atoms with van der Waals surface area (Å²) in [6.07, 6.45) is 1.71. The van der Waals surface area contributed by atoms with E-state index in [4.69, 9.17) is 0 Å². The van der Waals surface area contributed by atoms with Gasteiger partial charge in [-0.05, 0) is 38.1 Å². The largest absolute Gasteiger partial charge is 0.317 e. The molecule has 1 rings (SSSR count). The number of likely N-dealkylation sites (N-methyl/N-ethyl adjacent to an activating group) is 1. The van der Waals surface area contributed by atoms with Gasteiger partial charge in [0, 0.05) is 18.5 Å². The van der Waals surface area contributed by atoms with Gasteiger partial charge in [0.05, 0.1) is 0 Å². The molecule has 0 amide bonds. The first-order valence-corrected chi connectivity index (χ1v) is 8.53. The van der Waals surface area contributed by atoms with E-state index >= 15 is 0 Å². The summed E-state index contributed by atoms with van der Waals surface area (Å²) < 4.78 is 26.2. The molecule has 0 saturated heterocycles. The monoisotopic (exact) mass is 290 g/mol. The van der Waals surface area contributed by atoms with Crippen LogP contribution in [0.25, 0.3) is 0 Å². The highest BCUT2D eigenvalue weighted by molar-refractivity contribution is 7.91. The van der Waals surface area contributed by atoms with Gasteiger partial charge in [0.25, 0.3) is 10.0 Å². The van der Waals surface area contributed by atoms with Crippen LogP contribution < -0.4 is 5.32 Å². The Morgan fingerprint density at radius 2 is 2.06 bits per heavy atom. The summed E-state index contributed by atoms with van der Waals surface area (Å²) in [5.41, 5.74) is 0. The fourth-order valence-corrected chi connectivity index (χ4v) is 4.44. The molecule has 0 unspecified atom stereocenters. The predicted molar refractivity (Wildman–Crippen MR) is 76.7 cm³/mol. The summed E-state index contributed by atoms with van der Waals surface area (Å²) in [4.78, 5) is 1.11. The molecule has 0 fully saturated rings. The molecule has 104 valence electrons. The lowest BCUT2D eigenvalue weighted by Crippen LogP contribution is -2.26. The standard InChI is InChI=1S/C12H22N2O2S2/c1-4-10-14(3)18(15,16)12-7-6-11(17-12)8-9-13-5-2/h6-7,13H,4-5,8-10H2,1-3H3. The molecular formula is C12H22N2O2S2. The molecule has 0 aliphatic rings. The molecule has 1 N–H and O–H groups in total. The molecule has 6 heteroatoms. The molecule has 18 heavy (non-hydrogen) atoms. The Morgan fingerprint density at radius 1 is 1.33 bits per heavy atom. The zero-order chi connectivity index (χ0) is 13.6. The maximum atomic E-state index is 12.2. The highest BCUT2D eigenvalue weighted by atomic mass is 32.2. The van der Waals surface area contributed by atoms with E-state index in [1.165, 1.54) is 15.6 Å². The molecule has 0 saturated carbocycles. The Morgan fingerprint density at radius 3 is 2.67 bits per heavy atom. The Kier molecular flexibility index (Phi) is 6.28. The third kappa shape index (κ3) is 4.05. The van der Waals surface area contributed by atoms with Gasteiger partial charge in [-0.25, -0.2) is 12.7 Å². The van der Waals surface area contributed by atoms with Crippen LogP contribution in [0, 0.1) is 0 Å². The molecule has 4 nitrogen and oxygen atoms in total. The highest BCUT2D eigenvalue weighted by Gasteiger charge is 2.21. The number of sulfonamides is 1. The number of nitrogens with one attached hydrogen (secondary N) is 1. The van der Waals surface area contributed by atoms with Gasteiger partial charge < -0.3 is 5.32 Å². The van der Waals surface area contributed by atoms with Crippen molar-refractivity contribution in [3.63, 3.8) is 0 Å². The van der Waals surface area contributed by atoms with Gasteiger partial charge in [0.2, 0.25) is 0 Å². The van der Waals surface area contributed by atoms with E-state index in [1.807, 2.05) is 13.0 Å². The van der Waals surface area contributed by atoms with Crippen molar-refractivity contribution in [1.29, 1.82) is 0 Å². The van der Waals surface area contributed by atoms with Crippen molar-refractivity contribution in [2.45, 2.75) is 30.9 Å². The van der Waals surface area contributed by atoms with E-state index in [0.29, 0.717) is 10.8 Å². The molecule has 0 aliphatic carbocycles. The van der Waals surface area contributed by atoms with Crippen LogP contribution in [0.15, 0.2) is 16.3 Å². The number of thiophene rings is 1. The van der Waals surface area contributed by atoms with Crippen molar-refractivity contribution in [2.75, 3.05) is 26.7 Å². The van der Waals surface area contributed by atoms with E-state index in [9.17, 15) is 8.42 Å². The number of hydrogen-bond acceptors (Lipinski definition) is 4. The molecule has 0 spiro atoms. The first-order valence-electron chi connectivity index (χ1n) is 6.28. The van der Waals surface area contributed by atoms with Crippen LogP contribution in [-0.4, -0.2) is 39.4 Å². The van der Waals surface area contributed by atoms with Crippen molar-refractivity contribution < 1.29 is 8.42 Å². The van der Waals surface area contributed by atoms with E-state index in [1.54, 1.807) is 13.1 Å². The predicted octanol–water partition coefficient (Wildman–Crippen LogP) is 1.93. The molecule has 0 bridgehead atoms. The minimum absolute atomic E-state index is 0.449. The second-order valence-electron chi connectivity index (χ2n) is 4.15. The van der Waals surface area contributed by atoms with Crippen molar-refractivity contribution in [3.05, 3.63) is 17.0 Å². The lowest BCUT2D eigenvalue weighted by molar-refractivity contribution is 0.470. The average Bonchev–Trinajstić information content (AvgIpc) is 2.79. The van der Waals surface area contributed by atoms with Crippen LogP contribution in [0.1, 0.15) is 25.1 Å². The number of nitrogens with zero attached hydrogens (tertiary/aromatic N) is 1. The van der Waals surface area contributed by atoms with Crippen molar-refractivity contribution in [1.82, 2.24) is 9.62 Å². The van der Waals surface area contributed by atoms with Gasteiger partial charge in [-0.2, -0.15) is 0 Å².